The molecule has 1 aromatic carbocycles. The molecule has 0 radical (unpaired) electrons. The number of fused-ring (bicyclic) bond motifs is 1. The minimum Gasteiger partial charge on any atom is -0.488 e. The molecule has 0 spiro atoms. The third kappa shape index (κ3) is 3.02. The number of aryl methyl sites for hydroxylation is 1. The molecule has 1 saturated heterocycles. The largest absolute Gasteiger partial charge is 0.488 e. The summed E-state index contributed by atoms with van der Waals surface area (Å²) in [6, 6.07) is 6.95. The summed E-state index contributed by atoms with van der Waals surface area (Å²) in [5.74, 6) is 1.07. The van der Waals surface area contributed by atoms with Crippen LogP contribution in [0.4, 0.5) is 0 Å². The van der Waals surface area contributed by atoms with E-state index in [1.807, 2.05) is 0 Å². The highest BCUT2D eigenvalue weighted by Crippen LogP contribution is 2.30. The third-order valence-corrected chi connectivity index (χ3v) is 4.92. The molecule has 3 atom stereocenters. The van der Waals surface area contributed by atoms with E-state index < -0.39 is 0 Å². The van der Waals surface area contributed by atoms with Gasteiger partial charge in [-0.1, -0.05) is 33.6 Å². The van der Waals surface area contributed by atoms with Crippen molar-refractivity contribution in [3.63, 3.8) is 0 Å². The maximum absolute atomic E-state index is 6.09. The van der Waals surface area contributed by atoms with Gasteiger partial charge in [-0.15, -0.1) is 0 Å². The van der Waals surface area contributed by atoms with Crippen molar-refractivity contribution in [2.75, 3.05) is 25.0 Å². The topological polar surface area (TPSA) is 21.7 Å². The number of alkyl halides is 1. The Morgan fingerprint density at radius 2 is 2.20 bits per heavy atom. The molecule has 20 heavy (non-hydrogen) atoms. The SMILES string of the molecule is Cc1ccc2c(c1)CC(CN1CC(CBr)OCC1C)O2. The van der Waals surface area contributed by atoms with Crippen LogP contribution in [-0.2, 0) is 11.2 Å². The standard InChI is InChI=1S/C16H22BrNO2/c1-11-3-4-16-13(5-11)6-14(20-16)8-18-9-15(7-17)19-10-12(18)2/h3-5,12,14-15H,6-10H2,1-2H3. The highest BCUT2D eigenvalue weighted by molar-refractivity contribution is 9.09. The Morgan fingerprint density at radius 3 is 3.00 bits per heavy atom. The number of hydrogen-bond donors (Lipinski definition) is 0. The Balaban J connectivity index is 1.62. The summed E-state index contributed by atoms with van der Waals surface area (Å²) < 4.78 is 11.9. The molecule has 1 aromatic rings. The maximum atomic E-state index is 6.09. The lowest BCUT2D eigenvalue weighted by Gasteiger charge is -2.38. The summed E-state index contributed by atoms with van der Waals surface area (Å²) in [5, 5.41) is 0.904. The van der Waals surface area contributed by atoms with Crippen molar-refractivity contribution in [2.24, 2.45) is 0 Å². The molecule has 0 aliphatic carbocycles. The highest BCUT2D eigenvalue weighted by Gasteiger charge is 2.30. The zero-order valence-electron chi connectivity index (χ0n) is 12.1. The Hall–Kier alpha value is -0.580. The van der Waals surface area contributed by atoms with Crippen molar-refractivity contribution in [1.29, 1.82) is 0 Å². The van der Waals surface area contributed by atoms with Gasteiger partial charge in [-0.2, -0.15) is 0 Å². The van der Waals surface area contributed by atoms with Crippen LogP contribution in [0.3, 0.4) is 0 Å². The summed E-state index contributed by atoms with van der Waals surface area (Å²) in [7, 11) is 0. The van der Waals surface area contributed by atoms with Crippen LogP contribution in [0, 0.1) is 6.92 Å². The summed E-state index contributed by atoms with van der Waals surface area (Å²) in [6.07, 6.45) is 1.61. The summed E-state index contributed by atoms with van der Waals surface area (Å²) >= 11 is 3.52. The summed E-state index contributed by atoms with van der Waals surface area (Å²) in [4.78, 5) is 2.50. The molecule has 0 saturated carbocycles. The van der Waals surface area contributed by atoms with Crippen LogP contribution in [0.2, 0.25) is 0 Å². The van der Waals surface area contributed by atoms with Gasteiger partial charge in [0, 0.05) is 30.9 Å². The predicted octanol–water partition coefficient (Wildman–Crippen LogP) is 2.78. The molecule has 0 amide bonds. The van der Waals surface area contributed by atoms with Gasteiger partial charge < -0.3 is 9.47 Å². The maximum Gasteiger partial charge on any atom is 0.123 e. The molecule has 3 rings (SSSR count). The quantitative estimate of drug-likeness (QED) is 0.790. The predicted molar refractivity (Wildman–Crippen MR) is 83.9 cm³/mol. The first kappa shape index (κ1) is 14.4. The van der Waals surface area contributed by atoms with Gasteiger partial charge in [-0.25, -0.2) is 0 Å². The molecule has 1 fully saturated rings. The Morgan fingerprint density at radius 1 is 1.35 bits per heavy atom. The number of ether oxygens (including phenoxy) is 2. The van der Waals surface area contributed by atoms with Crippen molar-refractivity contribution in [2.45, 2.75) is 38.5 Å². The monoisotopic (exact) mass is 339 g/mol. The molecule has 2 aliphatic heterocycles. The van der Waals surface area contributed by atoms with Crippen LogP contribution in [0.25, 0.3) is 0 Å². The van der Waals surface area contributed by atoms with Crippen molar-refractivity contribution in [3.8, 4) is 5.75 Å². The van der Waals surface area contributed by atoms with Gasteiger partial charge in [-0.05, 0) is 25.5 Å². The van der Waals surface area contributed by atoms with Gasteiger partial charge in [0.1, 0.15) is 11.9 Å². The number of rotatable bonds is 3. The zero-order chi connectivity index (χ0) is 14.1. The van der Waals surface area contributed by atoms with Crippen LogP contribution in [0.5, 0.6) is 5.75 Å². The van der Waals surface area contributed by atoms with E-state index in [0.717, 1.165) is 37.2 Å². The first-order valence-corrected chi connectivity index (χ1v) is 8.45. The normalized spacial score (nSPS) is 30.1. The van der Waals surface area contributed by atoms with E-state index in [4.69, 9.17) is 9.47 Å². The lowest BCUT2D eigenvalue weighted by atomic mass is 10.1. The van der Waals surface area contributed by atoms with Crippen molar-refractivity contribution in [1.82, 2.24) is 4.90 Å². The molecule has 2 aliphatic rings. The third-order valence-electron chi connectivity index (χ3n) is 4.20. The van der Waals surface area contributed by atoms with Crippen LogP contribution in [-0.4, -0.2) is 48.2 Å². The van der Waals surface area contributed by atoms with Crippen molar-refractivity contribution < 1.29 is 9.47 Å². The van der Waals surface area contributed by atoms with E-state index >= 15 is 0 Å². The minimum absolute atomic E-state index is 0.281. The molecule has 110 valence electrons. The minimum atomic E-state index is 0.281. The fraction of sp³-hybridized carbons (Fsp3) is 0.625. The first-order chi connectivity index (χ1) is 9.65. The fourth-order valence-electron chi connectivity index (χ4n) is 3.04. The van der Waals surface area contributed by atoms with E-state index in [2.05, 4.69) is 52.9 Å². The Kier molecular flexibility index (Phi) is 4.34. The zero-order valence-corrected chi connectivity index (χ0v) is 13.7. The molecule has 4 heteroatoms. The van der Waals surface area contributed by atoms with Crippen LogP contribution in [0.1, 0.15) is 18.1 Å². The number of morpholine rings is 1. The second-order valence-corrected chi connectivity index (χ2v) is 6.62. The first-order valence-electron chi connectivity index (χ1n) is 7.33. The molecule has 3 unspecified atom stereocenters. The molecular weight excluding hydrogens is 318 g/mol. The van der Waals surface area contributed by atoms with Crippen molar-refractivity contribution in [3.05, 3.63) is 29.3 Å². The summed E-state index contributed by atoms with van der Waals surface area (Å²) in [6.45, 7) is 7.16. The average molecular weight is 340 g/mol. The molecule has 0 bridgehead atoms. The van der Waals surface area contributed by atoms with Gasteiger partial charge in [0.25, 0.3) is 0 Å². The van der Waals surface area contributed by atoms with Gasteiger partial charge in [0.15, 0.2) is 0 Å². The number of hydrogen-bond acceptors (Lipinski definition) is 3. The van der Waals surface area contributed by atoms with E-state index in [9.17, 15) is 0 Å². The van der Waals surface area contributed by atoms with Crippen molar-refractivity contribution >= 4 is 15.9 Å². The van der Waals surface area contributed by atoms with Crippen LogP contribution >= 0.6 is 15.9 Å². The van der Waals surface area contributed by atoms with Gasteiger partial charge >= 0.3 is 0 Å². The molecule has 3 nitrogen and oxygen atoms in total. The number of halogens is 1. The van der Waals surface area contributed by atoms with E-state index in [0.29, 0.717) is 12.1 Å². The summed E-state index contributed by atoms with van der Waals surface area (Å²) in [5.41, 5.74) is 2.67. The Bertz CT molecular complexity index is 480. The second-order valence-electron chi connectivity index (χ2n) is 5.97. The molecule has 0 N–H and O–H groups in total. The molecule has 0 aromatic heterocycles. The smallest absolute Gasteiger partial charge is 0.123 e. The lowest BCUT2D eigenvalue weighted by molar-refractivity contribution is -0.0555. The highest BCUT2D eigenvalue weighted by atomic mass is 79.9. The van der Waals surface area contributed by atoms with E-state index in [-0.39, 0.29) is 6.10 Å². The van der Waals surface area contributed by atoms with E-state index in [1.165, 1.54) is 11.1 Å². The molecule has 2 heterocycles. The van der Waals surface area contributed by atoms with Gasteiger partial charge in [0.05, 0.1) is 12.7 Å². The van der Waals surface area contributed by atoms with E-state index in [1.54, 1.807) is 0 Å². The van der Waals surface area contributed by atoms with Crippen LogP contribution in [0.15, 0.2) is 18.2 Å². The number of benzene rings is 1. The average Bonchev–Trinajstić information content (AvgIpc) is 2.82. The van der Waals surface area contributed by atoms with Gasteiger partial charge in [0.2, 0.25) is 0 Å². The molecular formula is C16H22BrNO2. The van der Waals surface area contributed by atoms with Crippen LogP contribution < -0.4 is 4.74 Å². The van der Waals surface area contributed by atoms with Gasteiger partial charge in [-0.3, -0.25) is 4.90 Å². The number of nitrogens with zero attached hydrogens (tertiary/aromatic N) is 1. The fourth-order valence-corrected chi connectivity index (χ4v) is 3.43. The lowest BCUT2D eigenvalue weighted by Crippen LogP contribution is -2.51. The Labute approximate surface area is 129 Å². The second kappa shape index (κ2) is 6.04.